The van der Waals surface area contributed by atoms with Gasteiger partial charge in [-0.1, -0.05) is 15.9 Å². The largest absolute Gasteiger partial charge is 0.483 e. The molecule has 0 radical (unpaired) electrons. The minimum Gasteiger partial charge on any atom is -0.483 e. The number of amides is 1. The molecule has 146 valence electrons. The van der Waals surface area contributed by atoms with Crippen molar-refractivity contribution in [3.05, 3.63) is 51.5 Å². The van der Waals surface area contributed by atoms with Crippen molar-refractivity contribution >= 4 is 37.5 Å². The van der Waals surface area contributed by atoms with Gasteiger partial charge in [0.25, 0.3) is 5.91 Å². The molecule has 0 aromatic heterocycles. The predicted molar refractivity (Wildman–Crippen MR) is 110 cm³/mol. The SMILES string of the molecule is Cc1cc(S(=O)(=O)N(C)C)ccc1OCC(=O)Nc1c(C)cc(Br)cc1C. The number of hydrogen-bond acceptors (Lipinski definition) is 4. The predicted octanol–water partition coefficient (Wildman–Crippen LogP) is 3.64. The Morgan fingerprint density at radius 3 is 2.19 bits per heavy atom. The Kier molecular flexibility index (Phi) is 6.67. The van der Waals surface area contributed by atoms with Crippen LogP contribution in [0.4, 0.5) is 5.69 Å². The van der Waals surface area contributed by atoms with Gasteiger partial charge in [-0.05, 0) is 67.8 Å². The van der Waals surface area contributed by atoms with Crippen LogP contribution in [-0.4, -0.2) is 39.3 Å². The van der Waals surface area contributed by atoms with Gasteiger partial charge in [-0.3, -0.25) is 4.79 Å². The molecular formula is C19H23BrN2O4S. The van der Waals surface area contributed by atoms with E-state index in [9.17, 15) is 13.2 Å². The molecule has 0 spiro atoms. The summed E-state index contributed by atoms with van der Waals surface area (Å²) in [6, 6.07) is 8.42. The number of aryl methyl sites for hydroxylation is 3. The van der Waals surface area contributed by atoms with Gasteiger partial charge >= 0.3 is 0 Å². The molecule has 2 rings (SSSR count). The van der Waals surface area contributed by atoms with Crippen molar-refractivity contribution in [2.75, 3.05) is 26.0 Å². The third-order valence-electron chi connectivity index (χ3n) is 4.05. The summed E-state index contributed by atoms with van der Waals surface area (Å²) in [5.41, 5.74) is 3.30. The van der Waals surface area contributed by atoms with Crippen molar-refractivity contribution in [2.24, 2.45) is 0 Å². The van der Waals surface area contributed by atoms with Gasteiger partial charge in [0.05, 0.1) is 4.90 Å². The van der Waals surface area contributed by atoms with Crippen molar-refractivity contribution in [3.8, 4) is 5.75 Å². The molecule has 8 heteroatoms. The molecule has 0 unspecified atom stereocenters. The Balaban J connectivity index is 2.08. The lowest BCUT2D eigenvalue weighted by Crippen LogP contribution is -2.23. The maximum atomic E-state index is 12.3. The Bertz CT molecular complexity index is 949. The summed E-state index contributed by atoms with van der Waals surface area (Å²) >= 11 is 3.43. The van der Waals surface area contributed by atoms with Gasteiger partial charge in [-0.15, -0.1) is 0 Å². The van der Waals surface area contributed by atoms with Crippen molar-refractivity contribution in [3.63, 3.8) is 0 Å². The van der Waals surface area contributed by atoms with Crippen LogP contribution in [0.15, 0.2) is 39.7 Å². The number of carbonyl (C=O) groups is 1. The third-order valence-corrected chi connectivity index (χ3v) is 6.31. The fourth-order valence-electron chi connectivity index (χ4n) is 2.58. The zero-order valence-corrected chi connectivity index (χ0v) is 18.4. The maximum Gasteiger partial charge on any atom is 0.262 e. The summed E-state index contributed by atoms with van der Waals surface area (Å²) in [6.45, 7) is 5.41. The van der Waals surface area contributed by atoms with Crippen LogP contribution in [0.3, 0.4) is 0 Å². The summed E-state index contributed by atoms with van der Waals surface area (Å²) in [5, 5.41) is 2.86. The molecule has 0 saturated heterocycles. The number of rotatable bonds is 6. The van der Waals surface area contributed by atoms with Crippen molar-refractivity contribution in [1.82, 2.24) is 4.31 Å². The monoisotopic (exact) mass is 454 g/mol. The Hall–Kier alpha value is -1.90. The van der Waals surface area contributed by atoms with E-state index in [1.165, 1.54) is 26.2 Å². The standard InChI is InChI=1S/C19H23BrN2O4S/c1-12-10-16(27(24,25)22(4)5)6-7-17(12)26-11-18(23)21-19-13(2)8-15(20)9-14(19)3/h6-10H,11H2,1-5H3,(H,21,23). The van der Waals surface area contributed by atoms with Gasteiger partial charge < -0.3 is 10.1 Å². The van der Waals surface area contributed by atoms with Crippen LogP contribution in [0.1, 0.15) is 16.7 Å². The van der Waals surface area contributed by atoms with Crippen LogP contribution in [0.5, 0.6) is 5.75 Å². The normalized spacial score (nSPS) is 11.5. The number of nitrogens with zero attached hydrogens (tertiary/aromatic N) is 1. The number of ether oxygens (including phenoxy) is 1. The molecule has 1 N–H and O–H groups in total. The van der Waals surface area contributed by atoms with Gasteiger partial charge in [0, 0.05) is 24.3 Å². The van der Waals surface area contributed by atoms with Crippen LogP contribution in [0, 0.1) is 20.8 Å². The number of carbonyl (C=O) groups excluding carboxylic acids is 1. The zero-order chi connectivity index (χ0) is 20.4. The minimum atomic E-state index is -3.51. The Morgan fingerprint density at radius 1 is 1.07 bits per heavy atom. The fourth-order valence-corrected chi connectivity index (χ4v) is 4.26. The van der Waals surface area contributed by atoms with Crippen LogP contribution < -0.4 is 10.1 Å². The molecule has 0 atom stereocenters. The topological polar surface area (TPSA) is 75.7 Å². The first-order chi connectivity index (χ1) is 12.5. The second kappa shape index (κ2) is 8.41. The third kappa shape index (κ3) is 5.09. The van der Waals surface area contributed by atoms with Crippen molar-refractivity contribution < 1.29 is 17.9 Å². The summed E-state index contributed by atoms with van der Waals surface area (Å²) in [5.74, 6) is 0.181. The minimum absolute atomic E-state index is 0.171. The molecule has 1 amide bonds. The molecule has 0 saturated carbocycles. The first-order valence-corrected chi connectivity index (χ1v) is 10.5. The van der Waals surface area contributed by atoms with E-state index in [0.717, 1.165) is 25.6 Å². The van der Waals surface area contributed by atoms with Crippen LogP contribution >= 0.6 is 15.9 Å². The second-order valence-electron chi connectivity index (χ2n) is 6.47. The molecule has 2 aromatic rings. The summed E-state index contributed by atoms with van der Waals surface area (Å²) in [7, 11) is -0.551. The van der Waals surface area contributed by atoms with Gasteiger partial charge in [-0.25, -0.2) is 12.7 Å². The number of hydrogen-bond donors (Lipinski definition) is 1. The lowest BCUT2D eigenvalue weighted by atomic mass is 10.1. The van der Waals surface area contributed by atoms with E-state index in [1.54, 1.807) is 13.0 Å². The fraction of sp³-hybridized carbons (Fsp3) is 0.316. The van der Waals surface area contributed by atoms with Crippen LogP contribution in [0.25, 0.3) is 0 Å². The van der Waals surface area contributed by atoms with E-state index in [4.69, 9.17) is 4.74 Å². The molecule has 0 aliphatic carbocycles. The van der Waals surface area contributed by atoms with E-state index in [-0.39, 0.29) is 17.4 Å². The number of halogens is 1. The maximum absolute atomic E-state index is 12.3. The Labute approximate surface area is 168 Å². The molecule has 6 nitrogen and oxygen atoms in total. The van der Waals surface area contributed by atoms with Gasteiger partial charge in [-0.2, -0.15) is 0 Å². The average molecular weight is 455 g/mol. The van der Waals surface area contributed by atoms with E-state index in [0.29, 0.717) is 11.3 Å². The second-order valence-corrected chi connectivity index (χ2v) is 9.53. The highest BCUT2D eigenvalue weighted by Gasteiger charge is 2.18. The van der Waals surface area contributed by atoms with Crippen LogP contribution in [0.2, 0.25) is 0 Å². The highest BCUT2D eigenvalue weighted by molar-refractivity contribution is 9.10. The number of benzene rings is 2. The van der Waals surface area contributed by atoms with Crippen LogP contribution in [-0.2, 0) is 14.8 Å². The van der Waals surface area contributed by atoms with Crippen molar-refractivity contribution in [2.45, 2.75) is 25.7 Å². The number of sulfonamides is 1. The van der Waals surface area contributed by atoms with E-state index in [1.807, 2.05) is 26.0 Å². The van der Waals surface area contributed by atoms with Gasteiger partial charge in [0.2, 0.25) is 10.0 Å². The number of anilines is 1. The Morgan fingerprint density at radius 2 is 1.67 bits per heavy atom. The zero-order valence-electron chi connectivity index (χ0n) is 16.0. The molecule has 0 aliphatic heterocycles. The summed E-state index contributed by atoms with van der Waals surface area (Å²) in [4.78, 5) is 12.4. The van der Waals surface area contributed by atoms with Gasteiger partial charge in [0.15, 0.2) is 6.61 Å². The lowest BCUT2D eigenvalue weighted by molar-refractivity contribution is -0.118. The first kappa shape index (κ1) is 21.4. The summed E-state index contributed by atoms with van der Waals surface area (Å²) in [6.07, 6.45) is 0. The molecule has 0 fully saturated rings. The van der Waals surface area contributed by atoms with E-state index >= 15 is 0 Å². The quantitative estimate of drug-likeness (QED) is 0.722. The van der Waals surface area contributed by atoms with Crippen molar-refractivity contribution in [1.29, 1.82) is 0 Å². The highest BCUT2D eigenvalue weighted by Crippen LogP contribution is 2.26. The van der Waals surface area contributed by atoms with Gasteiger partial charge in [0.1, 0.15) is 5.75 Å². The molecular weight excluding hydrogens is 432 g/mol. The number of nitrogens with one attached hydrogen (secondary N) is 1. The molecule has 0 bridgehead atoms. The molecule has 0 heterocycles. The van der Waals surface area contributed by atoms with E-state index in [2.05, 4.69) is 21.2 Å². The summed E-state index contributed by atoms with van der Waals surface area (Å²) < 4.78 is 32.0. The molecule has 0 aliphatic rings. The first-order valence-electron chi connectivity index (χ1n) is 8.25. The molecule has 27 heavy (non-hydrogen) atoms. The highest BCUT2D eigenvalue weighted by atomic mass is 79.9. The lowest BCUT2D eigenvalue weighted by Gasteiger charge is -2.15. The average Bonchev–Trinajstić information content (AvgIpc) is 2.56. The van der Waals surface area contributed by atoms with E-state index < -0.39 is 10.0 Å². The smallest absolute Gasteiger partial charge is 0.262 e. The molecule has 2 aromatic carbocycles.